The Hall–Kier alpha value is -2.71. The van der Waals surface area contributed by atoms with E-state index < -0.39 is 11.6 Å². The Bertz CT molecular complexity index is 998. The van der Waals surface area contributed by atoms with Gasteiger partial charge in [0.15, 0.2) is 0 Å². The highest BCUT2D eigenvalue weighted by Gasteiger charge is 2.51. The molecule has 0 radical (unpaired) electrons. The zero-order valence-electron chi connectivity index (χ0n) is 15.5. The van der Waals surface area contributed by atoms with Crippen molar-refractivity contribution in [1.29, 1.82) is 0 Å². The summed E-state index contributed by atoms with van der Waals surface area (Å²) in [6, 6.07) is 10.8. The van der Waals surface area contributed by atoms with Crippen molar-refractivity contribution < 1.29 is 14.3 Å². The smallest absolute Gasteiger partial charge is 0.325 e. The Kier molecular flexibility index (Phi) is 4.91. The molecule has 4 rings (SSSR count). The molecule has 0 bridgehead atoms. The van der Waals surface area contributed by atoms with Crippen molar-refractivity contribution >= 4 is 34.6 Å². The number of imide groups is 1. The molecule has 0 spiro atoms. The summed E-state index contributed by atoms with van der Waals surface area (Å²) < 4.78 is 5.19. The van der Waals surface area contributed by atoms with Gasteiger partial charge in [-0.05, 0) is 35.6 Å². The van der Waals surface area contributed by atoms with Crippen LogP contribution in [0, 0.1) is 0 Å². The van der Waals surface area contributed by atoms with E-state index in [0.29, 0.717) is 17.9 Å². The molecule has 1 unspecified atom stereocenters. The highest BCUT2D eigenvalue weighted by Crippen LogP contribution is 2.35. The van der Waals surface area contributed by atoms with Crippen LogP contribution >= 0.6 is 22.7 Å². The van der Waals surface area contributed by atoms with Gasteiger partial charge in [0, 0.05) is 5.38 Å². The number of urea groups is 1. The summed E-state index contributed by atoms with van der Waals surface area (Å²) in [7, 11) is 1.59. The molecule has 1 aromatic carbocycles. The normalized spacial score (nSPS) is 19.1. The van der Waals surface area contributed by atoms with Gasteiger partial charge in [0.25, 0.3) is 5.91 Å². The molecular weight excluding hydrogens is 394 g/mol. The number of aromatic nitrogens is 1. The summed E-state index contributed by atoms with van der Waals surface area (Å²) in [4.78, 5) is 32.8. The average Bonchev–Trinajstić information content (AvgIpc) is 3.45. The van der Waals surface area contributed by atoms with Crippen LogP contribution in [0.1, 0.15) is 24.6 Å². The van der Waals surface area contributed by atoms with Gasteiger partial charge >= 0.3 is 6.03 Å². The maximum atomic E-state index is 13.3. The van der Waals surface area contributed by atoms with Crippen LogP contribution in [0.25, 0.3) is 9.88 Å². The van der Waals surface area contributed by atoms with Crippen molar-refractivity contribution in [2.45, 2.75) is 25.4 Å². The molecule has 0 aliphatic carbocycles. The van der Waals surface area contributed by atoms with E-state index in [2.05, 4.69) is 10.3 Å². The maximum Gasteiger partial charge on any atom is 0.325 e. The lowest BCUT2D eigenvalue weighted by atomic mass is 9.87. The van der Waals surface area contributed by atoms with Gasteiger partial charge in [0.05, 0.1) is 24.2 Å². The lowest BCUT2D eigenvalue weighted by molar-refractivity contribution is -0.132. The molecule has 3 amide bonds. The fourth-order valence-electron chi connectivity index (χ4n) is 3.34. The number of amides is 3. The molecule has 1 atom stereocenters. The largest absolute Gasteiger partial charge is 0.497 e. The van der Waals surface area contributed by atoms with Gasteiger partial charge in [0.2, 0.25) is 0 Å². The predicted molar refractivity (Wildman–Crippen MR) is 109 cm³/mol. The van der Waals surface area contributed by atoms with Gasteiger partial charge in [-0.3, -0.25) is 9.69 Å². The van der Waals surface area contributed by atoms with Crippen LogP contribution in [0.2, 0.25) is 0 Å². The number of ether oxygens (including phenoxy) is 1. The molecule has 28 heavy (non-hydrogen) atoms. The van der Waals surface area contributed by atoms with E-state index in [1.54, 1.807) is 30.6 Å². The highest BCUT2D eigenvalue weighted by molar-refractivity contribution is 7.20. The zero-order chi connectivity index (χ0) is 19.7. The van der Waals surface area contributed by atoms with E-state index in [4.69, 9.17) is 4.74 Å². The molecule has 1 aliphatic rings. The van der Waals surface area contributed by atoms with Crippen molar-refractivity contribution in [3.8, 4) is 15.6 Å². The standard InChI is InChI=1S/C20H19N3O3S2/c1-3-20(13-6-8-15(26-2)9-7-13)18(24)23(19(25)22-20)11-14-12-28-17(21-14)16-5-4-10-27-16/h4-10,12H,3,11H2,1-2H3,(H,22,25). The maximum absolute atomic E-state index is 13.3. The first-order valence-electron chi connectivity index (χ1n) is 8.84. The SMILES string of the molecule is CCC1(c2ccc(OC)cc2)NC(=O)N(Cc2csc(-c3cccs3)n2)C1=O. The van der Waals surface area contributed by atoms with Crippen molar-refractivity contribution in [3.05, 3.63) is 58.4 Å². The highest BCUT2D eigenvalue weighted by atomic mass is 32.1. The van der Waals surface area contributed by atoms with E-state index in [1.165, 1.54) is 16.2 Å². The van der Waals surface area contributed by atoms with Crippen LogP contribution in [-0.2, 0) is 16.9 Å². The van der Waals surface area contributed by atoms with Crippen LogP contribution in [-0.4, -0.2) is 28.9 Å². The molecule has 1 N–H and O–H groups in total. The van der Waals surface area contributed by atoms with Crippen molar-refractivity contribution in [3.63, 3.8) is 0 Å². The number of thiazole rings is 1. The van der Waals surface area contributed by atoms with Crippen molar-refractivity contribution in [2.75, 3.05) is 7.11 Å². The predicted octanol–water partition coefficient (Wildman–Crippen LogP) is 4.24. The summed E-state index contributed by atoms with van der Waals surface area (Å²) in [6.07, 6.45) is 0.456. The Morgan fingerprint density at radius 3 is 2.61 bits per heavy atom. The van der Waals surface area contributed by atoms with Gasteiger partial charge < -0.3 is 10.1 Å². The monoisotopic (exact) mass is 413 g/mol. The number of hydrogen-bond acceptors (Lipinski definition) is 6. The second kappa shape index (κ2) is 7.37. The summed E-state index contributed by atoms with van der Waals surface area (Å²) in [6.45, 7) is 2.05. The second-order valence-corrected chi connectivity index (χ2v) is 8.24. The molecule has 3 aromatic rings. The van der Waals surface area contributed by atoms with Gasteiger partial charge in [0.1, 0.15) is 16.3 Å². The van der Waals surface area contributed by atoms with Gasteiger partial charge in [-0.15, -0.1) is 22.7 Å². The summed E-state index contributed by atoms with van der Waals surface area (Å²) in [5, 5.41) is 7.69. The third-order valence-electron chi connectivity index (χ3n) is 4.89. The molecule has 0 saturated carbocycles. The molecular formula is C20H19N3O3S2. The van der Waals surface area contributed by atoms with E-state index in [1.807, 2.05) is 41.9 Å². The minimum atomic E-state index is -1.06. The lowest BCUT2D eigenvalue weighted by Gasteiger charge is -2.25. The number of nitrogens with zero attached hydrogens (tertiary/aromatic N) is 2. The number of carbonyl (C=O) groups is 2. The minimum Gasteiger partial charge on any atom is -0.497 e. The zero-order valence-corrected chi connectivity index (χ0v) is 17.1. The van der Waals surface area contributed by atoms with E-state index in [0.717, 1.165) is 15.4 Å². The molecule has 144 valence electrons. The number of carbonyl (C=O) groups excluding carboxylic acids is 2. The molecule has 8 heteroatoms. The number of rotatable bonds is 6. The number of hydrogen-bond donors (Lipinski definition) is 1. The lowest BCUT2D eigenvalue weighted by Crippen LogP contribution is -2.43. The van der Waals surface area contributed by atoms with Gasteiger partial charge in [-0.25, -0.2) is 9.78 Å². The molecule has 1 saturated heterocycles. The molecule has 3 heterocycles. The van der Waals surface area contributed by atoms with E-state index in [-0.39, 0.29) is 12.5 Å². The van der Waals surface area contributed by atoms with Crippen LogP contribution in [0.4, 0.5) is 4.79 Å². The first-order valence-corrected chi connectivity index (χ1v) is 10.6. The second-order valence-electron chi connectivity index (χ2n) is 6.43. The van der Waals surface area contributed by atoms with E-state index >= 15 is 0 Å². The Balaban J connectivity index is 1.59. The van der Waals surface area contributed by atoms with Crippen LogP contribution < -0.4 is 10.1 Å². The third-order valence-corrected chi connectivity index (χ3v) is 6.82. The van der Waals surface area contributed by atoms with E-state index in [9.17, 15) is 9.59 Å². The fourth-order valence-corrected chi connectivity index (χ4v) is 4.96. The quantitative estimate of drug-likeness (QED) is 0.614. The molecule has 1 fully saturated rings. The fraction of sp³-hybridized carbons (Fsp3) is 0.250. The third kappa shape index (κ3) is 3.08. The first-order chi connectivity index (χ1) is 13.6. The van der Waals surface area contributed by atoms with Crippen LogP contribution in [0.3, 0.4) is 0 Å². The topological polar surface area (TPSA) is 71.5 Å². The molecule has 6 nitrogen and oxygen atoms in total. The summed E-state index contributed by atoms with van der Waals surface area (Å²) in [5.41, 5.74) is 0.392. The number of benzene rings is 1. The van der Waals surface area contributed by atoms with Gasteiger partial charge in [-0.2, -0.15) is 0 Å². The van der Waals surface area contributed by atoms with Crippen molar-refractivity contribution in [1.82, 2.24) is 15.2 Å². The summed E-state index contributed by atoms with van der Waals surface area (Å²) in [5.74, 6) is 0.447. The average molecular weight is 414 g/mol. The van der Waals surface area contributed by atoms with Crippen LogP contribution in [0.5, 0.6) is 5.75 Å². The molecule has 2 aromatic heterocycles. The van der Waals surface area contributed by atoms with Crippen LogP contribution in [0.15, 0.2) is 47.2 Å². The van der Waals surface area contributed by atoms with Crippen molar-refractivity contribution in [2.24, 2.45) is 0 Å². The Morgan fingerprint density at radius 1 is 1.18 bits per heavy atom. The number of nitrogens with one attached hydrogen (secondary N) is 1. The minimum absolute atomic E-state index is 0.157. The molecule has 1 aliphatic heterocycles. The first kappa shape index (κ1) is 18.6. The summed E-state index contributed by atoms with van der Waals surface area (Å²) >= 11 is 3.13. The Labute approximate surface area is 170 Å². The Morgan fingerprint density at radius 2 is 1.96 bits per heavy atom. The number of methoxy groups -OCH3 is 1. The van der Waals surface area contributed by atoms with Gasteiger partial charge in [-0.1, -0.05) is 25.1 Å². The number of thiophene rings is 1.